The summed E-state index contributed by atoms with van der Waals surface area (Å²) in [5.74, 6) is -0.0931. The molecule has 0 fully saturated rings. The first-order valence-corrected chi connectivity index (χ1v) is 8.15. The van der Waals surface area contributed by atoms with Crippen molar-refractivity contribution >= 4 is 45.6 Å². The highest BCUT2D eigenvalue weighted by atomic mass is 35.5. The molecule has 1 unspecified atom stereocenters. The van der Waals surface area contributed by atoms with E-state index in [2.05, 4.69) is 17.4 Å². The Kier molecular flexibility index (Phi) is 3.51. The maximum atomic E-state index is 12.3. The summed E-state index contributed by atoms with van der Waals surface area (Å²) in [4.78, 5) is 12.3. The predicted molar refractivity (Wildman–Crippen MR) is 95.5 cm³/mol. The van der Waals surface area contributed by atoms with Crippen LogP contribution in [0.2, 0.25) is 10.0 Å². The zero-order valence-electron chi connectivity index (χ0n) is 12.1. The Bertz CT molecular complexity index is 936. The summed E-state index contributed by atoms with van der Waals surface area (Å²) < 4.78 is 0. The molecule has 1 N–H and O–H groups in total. The highest BCUT2D eigenvalue weighted by Gasteiger charge is 2.29. The largest absolute Gasteiger partial charge is 0.325 e. The molecular formula is C19H13Cl2NO. The number of carbonyl (C=O) groups excluding carboxylic acids is 1. The fraction of sp³-hybridized carbons (Fsp3) is 0.105. The van der Waals surface area contributed by atoms with E-state index in [-0.39, 0.29) is 11.8 Å². The van der Waals surface area contributed by atoms with Crippen molar-refractivity contribution in [2.24, 2.45) is 0 Å². The molecule has 0 aliphatic carbocycles. The lowest BCUT2D eigenvalue weighted by Gasteiger charge is -2.28. The zero-order valence-corrected chi connectivity index (χ0v) is 13.7. The molecule has 114 valence electrons. The highest BCUT2D eigenvalue weighted by molar-refractivity contribution is 6.33. The van der Waals surface area contributed by atoms with E-state index in [4.69, 9.17) is 23.2 Å². The van der Waals surface area contributed by atoms with E-state index in [0.29, 0.717) is 16.5 Å². The molecule has 1 aliphatic rings. The molecule has 1 heterocycles. The smallest absolute Gasteiger partial charge is 0.225 e. The molecule has 0 saturated carbocycles. The molecule has 0 radical (unpaired) electrons. The topological polar surface area (TPSA) is 29.1 Å². The van der Waals surface area contributed by atoms with Gasteiger partial charge in [0.05, 0.1) is 5.69 Å². The van der Waals surface area contributed by atoms with Crippen LogP contribution in [0.3, 0.4) is 0 Å². The van der Waals surface area contributed by atoms with Crippen molar-refractivity contribution in [1.29, 1.82) is 0 Å². The molecular weight excluding hydrogens is 329 g/mol. The molecule has 0 aromatic heterocycles. The van der Waals surface area contributed by atoms with Gasteiger partial charge in [0.2, 0.25) is 5.91 Å². The Morgan fingerprint density at radius 1 is 0.957 bits per heavy atom. The van der Waals surface area contributed by atoms with Crippen molar-refractivity contribution < 1.29 is 4.79 Å². The first-order chi connectivity index (χ1) is 11.1. The van der Waals surface area contributed by atoms with E-state index in [1.54, 1.807) is 12.1 Å². The lowest BCUT2D eigenvalue weighted by molar-refractivity contribution is -0.116. The molecule has 23 heavy (non-hydrogen) atoms. The SMILES string of the molecule is O=C1CC(c2cc(Cl)ccc2Cl)c2ccc3ccccc3c2N1. The average Bonchev–Trinajstić information content (AvgIpc) is 2.56. The van der Waals surface area contributed by atoms with E-state index in [9.17, 15) is 4.79 Å². The second kappa shape index (κ2) is 5.55. The summed E-state index contributed by atoms with van der Waals surface area (Å²) >= 11 is 12.5. The number of anilines is 1. The molecule has 4 rings (SSSR count). The van der Waals surface area contributed by atoms with Gasteiger partial charge in [0.1, 0.15) is 0 Å². The third-order valence-electron chi connectivity index (χ3n) is 4.32. The molecule has 1 amide bonds. The first-order valence-electron chi connectivity index (χ1n) is 7.40. The second-order valence-corrected chi connectivity index (χ2v) is 6.57. The van der Waals surface area contributed by atoms with Gasteiger partial charge in [0.25, 0.3) is 0 Å². The van der Waals surface area contributed by atoms with E-state index in [1.807, 2.05) is 30.3 Å². The molecule has 4 heteroatoms. The van der Waals surface area contributed by atoms with Crippen LogP contribution in [0.4, 0.5) is 5.69 Å². The Labute approximate surface area is 144 Å². The monoisotopic (exact) mass is 341 g/mol. The highest BCUT2D eigenvalue weighted by Crippen LogP contribution is 2.43. The Balaban J connectivity index is 1.97. The number of amides is 1. The van der Waals surface area contributed by atoms with Crippen molar-refractivity contribution in [3.63, 3.8) is 0 Å². The van der Waals surface area contributed by atoms with Gasteiger partial charge in [-0.15, -0.1) is 0 Å². The van der Waals surface area contributed by atoms with Gasteiger partial charge in [-0.1, -0.05) is 59.6 Å². The van der Waals surface area contributed by atoms with Gasteiger partial charge >= 0.3 is 0 Å². The molecule has 0 saturated heterocycles. The van der Waals surface area contributed by atoms with Gasteiger partial charge in [-0.3, -0.25) is 4.79 Å². The fourth-order valence-corrected chi connectivity index (χ4v) is 3.69. The number of fused-ring (bicyclic) bond motifs is 3. The first kappa shape index (κ1) is 14.6. The molecule has 1 aliphatic heterocycles. The van der Waals surface area contributed by atoms with E-state index in [1.165, 1.54) is 0 Å². The van der Waals surface area contributed by atoms with Crippen molar-refractivity contribution in [2.75, 3.05) is 5.32 Å². The van der Waals surface area contributed by atoms with Crippen LogP contribution in [0.5, 0.6) is 0 Å². The fourth-order valence-electron chi connectivity index (χ4n) is 3.26. The zero-order chi connectivity index (χ0) is 16.0. The lowest BCUT2D eigenvalue weighted by Crippen LogP contribution is -2.24. The van der Waals surface area contributed by atoms with Crippen LogP contribution in [-0.4, -0.2) is 5.91 Å². The van der Waals surface area contributed by atoms with Crippen LogP contribution < -0.4 is 5.32 Å². The number of hydrogen-bond acceptors (Lipinski definition) is 1. The molecule has 3 aromatic carbocycles. The van der Waals surface area contributed by atoms with Gasteiger partial charge in [0.15, 0.2) is 0 Å². The summed E-state index contributed by atoms with van der Waals surface area (Å²) in [6.07, 6.45) is 0.366. The third-order valence-corrected chi connectivity index (χ3v) is 4.90. The molecule has 1 atom stereocenters. The van der Waals surface area contributed by atoms with Crippen LogP contribution in [0.15, 0.2) is 54.6 Å². The van der Waals surface area contributed by atoms with Crippen molar-refractivity contribution in [2.45, 2.75) is 12.3 Å². The quantitative estimate of drug-likeness (QED) is 0.611. The average molecular weight is 342 g/mol. The predicted octanol–water partition coefficient (Wildman–Crippen LogP) is 5.62. The number of benzene rings is 3. The number of hydrogen-bond donors (Lipinski definition) is 1. The van der Waals surface area contributed by atoms with Gasteiger partial charge in [-0.2, -0.15) is 0 Å². The second-order valence-electron chi connectivity index (χ2n) is 5.72. The molecule has 0 bridgehead atoms. The number of carbonyl (C=O) groups is 1. The number of rotatable bonds is 1. The van der Waals surface area contributed by atoms with Crippen LogP contribution in [0, 0.1) is 0 Å². The Hall–Kier alpha value is -2.03. The van der Waals surface area contributed by atoms with Crippen LogP contribution in [0.25, 0.3) is 10.8 Å². The Morgan fingerprint density at radius 2 is 1.78 bits per heavy atom. The van der Waals surface area contributed by atoms with Gasteiger partial charge in [-0.25, -0.2) is 0 Å². The van der Waals surface area contributed by atoms with E-state index >= 15 is 0 Å². The number of halogens is 2. The molecule has 0 spiro atoms. The maximum Gasteiger partial charge on any atom is 0.225 e. The van der Waals surface area contributed by atoms with Crippen LogP contribution in [0.1, 0.15) is 23.5 Å². The molecule has 2 nitrogen and oxygen atoms in total. The van der Waals surface area contributed by atoms with E-state index in [0.717, 1.165) is 27.6 Å². The molecule has 3 aromatic rings. The minimum Gasteiger partial charge on any atom is -0.325 e. The summed E-state index contributed by atoms with van der Waals surface area (Å²) in [5.41, 5.74) is 2.85. The third kappa shape index (κ3) is 2.48. The summed E-state index contributed by atoms with van der Waals surface area (Å²) in [7, 11) is 0. The summed E-state index contributed by atoms with van der Waals surface area (Å²) in [5, 5.41) is 6.42. The van der Waals surface area contributed by atoms with Crippen molar-refractivity contribution in [1.82, 2.24) is 0 Å². The summed E-state index contributed by atoms with van der Waals surface area (Å²) in [6.45, 7) is 0. The van der Waals surface area contributed by atoms with Gasteiger partial charge in [0, 0.05) is 27.8 Å². The number of nitrogens with one attached hydrogen (secondary N) is 1. The van der Waals surface area contributed by atoms with Gasteiger partial charge < -0.3 is 5.32 Å². The minimum atomic E-state index is -0.0884. The lowest BCUT2D eigenvalue weighted by atomic mass is 9.83. The normalized spacial score (nSPS) is 17.0. The van der Waals surface area contributed by atoms with E-state index < -0.39 is 0 Å². The minimum absolute atomic E-state index is 0.00473. The van der Waals surface area contributed by atoms with Crippen LogP contribution >= 0.6 is 23.2 Å². The van der Waals surface area contributed by atoms with Gasteiger partial charge in [-0.05, 0) is 34.7 Å². The summed E-state index contributed by atoms with van der Waals surface area (Å²) in [6, 6.07) is 17.6. The Morgan fingerprint density at radius 3 is 2.65 bits per heavy atom. The van der Waals surface area contributed by atoms with Crippen molar-refractivity contribution in [3.05, 3.63) is 75.8 Å². The van der Waals surface area contributed by atoms with Crippen LogP contribution in [-0.2, 0) is 4.79 Å². The van der Waals surface area contributed by atoms with Crippen molar-refractivity contribution in [3.8, 4) is 0 Å². The standard InChI is InChI=1S/C19H13Cl2NO/c20-12-6-8-17(21)16(9-12)15-10-18(23)22-19-13-4-2-1-3-11(13)5-7-14(15)19/h1-9,15H,10H2,(H,22,23). The maximum absolute atomic E-state index is 12.3.